The Morgan fingerprint density at radius 1 is 1.29 bits per heavy atom. The maximum atomic E-state index is 5.73. The third-order valence-corrected chi connectivity index (χ3v) is 3.32. The van der Waals surface area contributed by atoms with Crippen LogP contribution in [0.2, 0.25) is 0 Å². The maximum absolute atomic E-state index is 5.73. The first-order valence-corrected chi connectivity index (χ1v) is 7.22. The van der Waals surface area contributed by atoms with Crippen LogP contribution in [-0.2, 0) is 4.74 Å². The summed E-state index contributed by atoms with van der Waals surface area (Å²) in [5, 5.41) is 3.46. The molecule has 17 heavy (non-hydrogen) atoms. The molecule has 2 unspecified atom stereocenters. The smallest absolute Gasteiger partial charge is 0.0591 e. The number of rotatable bonds is 11. The van der Waals surface area contributed by atoms with Crippen molar-refractivity contribution in [1.29, 1.82) is 0 Å². The highest BCUT2D eigenvalue weighted by molar-refractivity contribution is 4.72. The molecule has 0 aromatic rings. The van der Waals surface area contributed by atoms with E-state index in [0.29, 0.717) is 6.04 Å². The Balaban J connectivity index is 1.77. The summed E-state index contributed by atoms with van der Waals surface area (Å²) in [4.78, 5) is 0. The summed E-state index contributed by atoms with van der Waals surface area (Å²) in [5.41, 5.74) is 5.73. The SMILES string of the molecule is CC(N)CCCC(C)CNCCOCC1CC1. The van der Waals surface area contributed by atoms with Gasteiger partial charge < -0.3 is 15.8 Å². The van der Waals surface area contributed by atoms with Crippen LogP contribution in [0.3, 0.4) is 0 Å². The van der Waals surface area contributed by atoms with E-state index in [4.69, 9.17) is 10.5 Å². The summed E-state index contributed by atoms with van der Waals surface area (Å²) in [6.45, 7) is 8.32. The van der Waals surface area contributed by atoms with Crippen molar-refractivity contribution in [3.05, 3.63) is 0 Å². The first-order chi connectivity index (χ1) is 8.18. The molecule has 0 aromatic carbocycles. The lowest BCUT2D eigenvalue weighted by Crippen LogP contribution is -2.25. The first-order valence-electron chi connectivity index (χ1n) is 7.22. The molecule has 1 rings (SSSR count). The quantitative estimate of drug-likeness (QED) is 0.546. The minimum atomic E-state index is 0.353. The molecule has 1 fully saturated rings. The van der Waals surface area contributed by atoms with Crippen molar-refractivity contribution in [3.63, 3.8) is 0 Å². The predicted molar refractivity (Wildman–Crippen MR) is 73.1 cm³/mol. The highest BCUT2D eigenvalue weighted by Crippen LogP contribution is 2.28. The van der Waals surface area contributed by atoms with Crippen LogP contribution in [0.25, 0.3) is 0 Å². The molecule has 3 nitrogen and oxygen atoms in total. The van der Waals surface area contributed by atoms with Gasteiger partial charge in [-0.25, -0.2) is 0 Å². The van der Waals surface area contributed by atoms with Crippen LogP contribution in [0, 0.1) is 11.8 Å². The lowest BCUT2D eigenvalue weighted by molar-refractivity contribution is 0.125. The molecule has 0 bridgehead atoms. The maximum Gasteiger partial charge on any atom is 0.0591 e. The minimum Gasteiger partial charge on any atom is -0.380 e. The molecule has 1 aliphatic rings. The van der Waals surface area contributed by atoms with Crippen LogP contribution in [0.15, 0.2) is 0 Å². The van der Waals surface area contributed by atoms with Crippen LogP contribution in [0.1, 0.15) is 46.0 Å². The second kappa shape index (κ2) is 8.90. The second-order valence-corrected chi connectivity index (χ2v) is 5.74. The molecule has 3 N–H and O–H groups in total. The Bertz CT molecular complexity index is 181. The van der Waals surface area contributed by atoms with Gasteiger partial charge in [0.25, 0.3) is 0 Å². The van der Waals surface area contributed by atoms with Crippen LogP contribution >= 0.6 is 0 Å². The number of nitrogens with one attached hydrogen (secondary N) is 1. The largest absolute Gasteiger partial charge is 0.380 e. The van der Waals surface area contributed by atoms with Gasteiger partial charge in [0.1, 0.15) is 0 Å². The second-order valence-electron chi connectivity index (χ2n) is 5.74. The van der Waals surface area contributed by atoms with E-state index < -0.39 is 0 Å². The van der Waals surface area contributed by atoms with Gasteiger partial charge in [0.15, 0.2) is 0 Å². The molecular formula is C14H30N2O. The number of hydrogen-bond donors (Lipinski definition) is 2. The van der Waals surface area contributed by atoms with Crippen molar-refractivity contribution in [1.82, 2.24) is 5.32 Å². The summed E-state index contributed by atoms with van der Waals surface area (Å²) in [7, 11) is 0. The van der Waals surface area contributed by atoms with Gasteiger partial charge in [-0.3, -0.25) is 0 Å². The molecule has 3 heteroatoms. The lowest BCUT2D eigenvalue weighted by Gasteiger charge is -2.13. The van der Waals surface area contributed by atoms with Crippen molar-refractivity contribution in [3.8, 4) is 0 Å². The van der Waals surface area contributed by atoms with E-state index in [2.05, 4.69) is 19.2 Å². The monoisotopic (exact) mass is 242 g/mol. The van der Waals surface area contributed by atoms with Crippen molar-refractivity contribution in [2.24, 2.45) is 17.6 Å². The molecule has 102 valence electrons. The first kappa shape index (κ1) is 14.9. The topological polar surface area (TPSA) is 47.3 Å². The summed E-state index contributed by atoms with van der Waals surface area (Å²) in [6, 6.07) is 0.353. The summed E-state index contributed by atoms with van der Waals surface area (Å²) in [5.74, 6) is 1.63. The Morgan fingerprint density at radius 3 is 2.71 bits per heavy atom. The van der Waals surface area contributed by atoms with Crippen LogP contribution in [-0.4, -0.2) is 32.3 Å². The molecule has 1 saturated carbocycles. The molecule has 0 aliphatic heterocycles. The Hall–Kier alpha value is -0.120. The lowest BCUT2D eigenvalue weighted by atomic mass is 10.0. The summed E-state index contributed by atoms with van der Waals surface area (Å²) >= 11 is 0. The van der Waals surface area contributed by atoms with Crippen molar-refractivity contribution >= 4 is 0 Å². The molecule has 1 aliphatic carbocycles. The van der Waals surface area contributed by atoms with Gasteiger partial charge in [-0.2, -0.15) is 0 Å². The van der Waals surface area contributed by atoms with Gasteiger partial charge in [0.2, 0.25) is 0 Å². The van der Waals surface area contributed by atoms with E-state index in [0.717, 1.165) is 44.6 Å². The zero-order chi connectivity index (χ0) is 12.5. The molecule has 0 spiro atoms. The zero-order valence-electron chi connectivity index (χ0n) is 11.6. The predicted octanol–water partition coefficient (Wildman–Crippen LogP) is 2.16. The number of ether oxygens (including phenoxy) is 1. The van der Waals surface area contributed by atoms with E-state index in [1.54, 1.807) is 0 Å². The highest BCUT2D eigenvalue weighted by Gasteiger charge is 2.20. The van der Waals surface area contributed by atoms with Crippen LogP contribution in [0.5, 0.6) is 0 Å². The molecular weight excluding hydrogens is 212 g/mol. The van der Waals surface area contributed by atoms with E-state index >= 15 is 0 Å². The highest BCUT2D eigenvalue weighted by atomic mass is 16.5. The number of nitrogens with two attached hydrogens (primary N) is 1. The number of hydrogen-bond acceptors (Lipinski definition) is 3. The zero-order valence-corrected chi connectivity index (χ0v) is 11.6. The van der Waals surface area contributed by atoms with Crippen molar-refractivity contribution < 1.29 is 4.74 Å². The van der Waals surface area contributed by atoms with Gasteiger partial charge >= 0.3 is 0 Å². The van der Waals surface area contributed by atoms with Gasteiger partial charge in [0.05, 0.1) is 6.61 Å². The van der Waals surface area contributed by atoms with E-state index in [-0.39, 0.29) is 0 Å². The average molecular weight is 242 g/mol. The van der Waals surface area contributed by atoms with Crippen LogP contribution in [0.4, 0.5) is 0 Å². The molecule has 0 saturated heterocycles. The third-order valence-electron chi connectivity index (χ3n) is 3.32. The van der Waals surface area contributed by atoms with Crippen LogP contribution < -0.4 is 11.1 Å². The fourth-order valence-corrected chi connectivity index (χ4v) is 1.92. The fraction of sp³-hybridized carbons (Fsp3) is 1.00. The van der Waals surface area contributed by atoms with Gasteiger partial charge in [-0.1, -0.05) is 13.3 Å². The Kier molecular flexibility index (Phi) is 7.82. The Labute approximate surface area is 106 Å². The fourth-order valence-electron chi connectivity index (χ4n) is 1.92. The average Bonchev–Trinajstić information content (AvgIpc) is 3.06. The minimum absolute atomic E-state index is 0.353. The Morgan fingerprint density at radius 2 is 2.06 bits per heavy atom. The van der Waals surface area contributed by atoms with Gasteiger partial charge in [-0.05, 0) is 51.0 Å². The van der Waals surface area contributed by atoms with E-state index in [9.17, 15) is 0 Å². The standard InChI is InChI=1S/C14H30N2O/c1-12(4-3-5-13(2)15)10-16-8-9-17-11-14-6-7-14/h12-14,16H,3-11,15H2,1-2H3. The molecule has 0 amide bonds. The molecule has 0 aromatic heterocycles. The molecule has 0 radical (unpaired) electrons. The normalized spacial score (nSPS) is 19.2. The van der Waals surface area contributed by atoms with Crippen molar-refractivity contribution in [2.75, 3.05) is 26.3 Å². The van der Waals surface area contributed by atoms with E-state index in [1.165, 1.54) is 25.7 Å². The third kappa shape index (κ3) is 9.57. The molecule has 2 atom stereocenters. The molecule has 0 heterocycles. The summed E-state index contributed by atoms with van der Waals surface area (Å²) in [6.07, 6.45) is 6.43. The van der Waals surface area contributed by atoms with Gasteiger partial charge in [0, 0.05) is 19.2 Å². The van der Waals surface area contributed by atoms with Crippen molar-refractivity contribution in [2.45, 2.75) is 52.0 Å². The van der Waals surface area contributed by atoms with E-state index in [1.807, 2.05) is 0 Å². The summed E-state index contributed by atoms with van der Waals surface area (Å²) < 4.78 is 5.57. The van der Waals surface area contributed by atoms with Gasteiger partial charge in [-0.15, -0.1) is 0 Å².